The summed E-state index contributed by atoms with van der Waals surface area (Å²) < 4.78 is 0. The van der Waals surface area contributed by atoms with Crippen LogP contribution in [-0.4, -0.2) is 31.1 Å². The number of hydrogen-bond donors (Lipinski definition) is 0. The van der Waals surface area contributed by atoms with Gasteiger partial charge in [-0.05, 0) is 53.1 Å². The quantitative estimate of drug-likeness (QED) is 0.616. The highest BCUT2D eigenvalue weighted by molar-refractivity contribution is 6.30. The van der Waals surface area contributed by atoms with Gasteiger partial charge in [0, 0.05) is 43.4 Å². The molecule has 3 aromatic rings. The van der Waals surface area contributed by atoms with Crippen LogP contribution >= 0.6 is 11.6 Å². The third kappa shape index (κ3) is 4.20. The molecular weight excluding hydrogens is 366 g/mol. The van der Waals surface area contributed by atoms with Crippen LogP contribution in [0.2, 0.25) is 5.02 Å². The van der Waals surface area contributed by atoms with Crippen molar-refractivity contribution in [2.75, 3.05) is 31.1 Å². The molecule has 0 radical (unpaired) electrons. The van der Waals surface area contributed by atoms with Gasteiger partial charge in [-0.25, -0.2) is 0 Å². The zero-order chi connectivity index (χ0) is 19.3. The zero-order valence-electron chi connectivity index (χ0n) is 15.7. The van der Waals surface area contributed by atoms with Crippen LogP contribution in [0.25, 0.3) is 11.1 Å². The molecule has 140 valence electrons. The Bertz CT molecular complexity index is 966. The fourth-order valence-electron chi connectivity index (χ4n) is 3.72. The highest BCUT2D eigenvalue weighted by atomic mass is 35.5. The Labute approximate surface area is 171 Å². The van der Waals surface area contributed by atoms with Gasteiger partial charge in [0.05, 0.1) is 11.6 Å². The molecule has 0 spiro atoms. The molecule has 0 unspecified atom stereocenters. The summed E-state index contributed by atoms with van der Waals surface area (Å²) in [5, 5.41) is 9.72. The summed E-state index contributed by atoms with van der Waals surface area (Å²) in [6, 6.07) is 26.7. The van der Waals surface area contributed by atoms with E-state index in [1.165, 1.54) is 22.4 Å². The molecule has 0 saturated carbocycles. The summed E-state index contributed by atoms with van der Waals surface area (Å²) in [7, 11) is 0. The normalized spacial score (nSPS) is 14.6. The van der Waals surface area contributed by atoms with E-state index >= 15 is 0 Å². The van der Waals surface area contributed by atoms with Gasteiger partial charge in [0.15, 0.2) is 0 Å². The number of nitriles is 1. The molecular formula is C24H22ClN3. The number of nitrogens with zero attached hydrogens (tertiary/aromatic N) is 3. The van der Waals surface area contributed by atoms with Crippen molar-refractivity contribution in [2.24, 2.45) is 0 Å². The molecule has 1 aliphatic heterocycles. The molecule has 1 aliphatic rings. The van der Waals surface area contributed by atoms with Crippen LogP contribution in [0.3, 0.4) is 0 Å². The van der Waals surface area contributed by atoms with Gasteiger partial charge in [-0.3, -0.25) is 4.90 Å². The van der Waals surface area contributed by atoms with E-state index in [2.05, 4.69) is 52.3 Å². The van der Waals surface area contributed by atoms with Crippen LogP contribution in [0.4, 0.5) is 5.69 Å². The maximum absolute atomic E-state index is 8.96. The Hall–Kier alpha value is -2.80. The third-order valence-electron chi connectivity index (χ3n) is 5.30. The van der Waals surface area contributed by atoms with Gasteiger partial charge in [-0.2, -0.15) is 5.26 Å². The molecule has 4 rings (SSSR count). The van der Waals surface area contributed by atoms with E-state index in [1.54, 1.807) is 0 Å². The van der Waals surface area contributed by atoms with E-state index < -0.39 is 0 Å². The van der Waals surface area contributed by atoms with Crippen LogP contribution in [0.5, 0.6) is 0 Å². The first-order valence-electron chi connectivity index (χ1n) is 9.54. The van der Waals surface area contributed by atoms with Gasteiger partial charge >= 0.3 is 0 Å². The standard InChI is InChI=1S/C24H22ClN3/c25-22-9-7-20(8-10-22)24-4-2-1-3-21(24)18-27-13-15-28(16-14-27)23-11-5-19(17-26)6-12-23/h1-12H,13-16,18H2. The first kappa shape index (κ1) is 18.6. The van der Waals surface area contributed by atoms with E-state index in [0.717, 1.165) is 37.7 Å². The lowest BCUT2D eigenvalue weighted by Crippen LogP contribution is -2.46. The van der Waals surface area contributed by atoms with Crippen molar-refractivity contribution in [3.63, 3.8) is 0 Å². The van der Waals surface area contributed by atoms with Gasteiger partial charge in [0.25, 0.3) is 0 Å². The second-order valence-corrected chi connectivity index (χ2v) is 7.52. The smallest absolute Gasteiger partial charge is 0.0991 e. The minimum absolute atomic E-state index is 0.709. The van der Waals surface area contributed by atoms with Crippen molar-refractivity contribution < 1.29 is 0 Å². The maximum atomic E-state index is 8.96. The van der Waals surface area contributed by atoms with Crippen molar-refractivity contribution in [3.8, 4) is 17.2 Å². The number of hydrogen-bond acceptors (Lipinski definition) is 3. The Balaban J connectivity index is 1.42. The molecule has 28 heavy (non-hydrogen) atoms. The fourth-order valence-corrected chi connectivity index (χ4v) is 3.85. The average molecular weight is 388 g/mol. The number of benzene rings is 3. The van der Waals surface area contributed by atoms with Crippen LogP contribution in [0.1, 0.15) is 11.1 Å². The Morgan fingerprint density at radius 3 is 2.18 bits per heavy atom. The SMILES string of the molecule is N#Cc1ccc(N2CCN(Cc3ccccc3-c3ccc(Cl)cc3)CC2)cc1. The van der Waals surface area contributed by atoms with Gasteiger partial charge < -0.3 is 4.90 Å². The number of halogens is 1. The van der Waals surface area contributed by atoms with E-state index in [9.17, 15) is 0 Å². The Morgan fingerprint density at radius 2 is 1.50 bits per heavy atom. The molecule has 0 bridgehead atoms. The van der Waals surface area contributed by atoms with Crippen LogP contribution in [-0.2, 0) is 6.54 Å². The average Bonchev–Trinajstić information content (AvgIpc) is 2.75. The second-order valence-electron chi connectivity index (χ2n) is 7.09. The van der Waals surface area contributed by atoms with Crippen LogP contribution < -0.4 is 4.90 Å². The van der Waals surface area contributed by atoms with Crippen molar-refractivity contribution in [1.29, 1.82) is 5.26 Å². The van der Waals surface area contributed by atoms with E-state index in [4.69, 9.17) is 16.9 Å². The molecule has 4 heteroatoms. The molecule has 0 aromatic heterocycles. The minimum Gasteiger partial charge on any atom is -0.369 e. The van der Waals surface area contributed by atoms with Gasteiger partial charge in [0.1, 0.15) is 0 Å². The summed E-state index contributed by atoms with van der Waals surface area (Å²) >= 11 is 6.05. The van der Waals surface area contributed by atoms with E-state index in [0.29, 0.717) is 5.56 Å². The first-order chi connectivity index (χ1) is 13.7. The summed E-state index contributed by atoms with van der Waals surface area (Å²) in [5.74, 6) is 0. The highest BCUT2D eigenvalue weighted by Gasteiger charge is 2.18. The molecule has 0 amide bonds. The first-order valence-corrected chi connectivity index (χ1v) is 9.92. The molecule has 1 heterocycles. The topological polar surface area (TPSA) is 30.3 Å². The minimum atomic E-state index is 0.709. The molecule has 0 N–H and O–H groups in total. The van der Waals surface area contributed by atoms with Crippen molar-refractivity contribution >= 4 is 17.3 Å². The van der Waals surface area contributed by atoms with Crippen LogP contribution in [0.15, 0.2) is 72.8 Å². The fraction of sp³-hybridized carbons (Fsp3) is 0.208. The van der Waals surface area contributed by atoms with Crippen LogP contribution in [0, 0.1) is 11.3 Å². The van der Waals surface area contributed by atoms with Crippen molar-refractivity contribution in [1.82, 2.24) is 4.90 Å². The number of rotatable bonds is 4. The lowest BCUT2D eigenvalue weighted by molar-refractivity contribution is 0.250. The predicted molar refractivity (Wildman–Crippen MR) is 116 cm³/mol. The monoisotopic (exact) mass is 387 g/mol. The van der Waals surface area contributed by atoms with E-state index in [-0.39, 0.29) is 0 Å². The van der Waals surface area contributed by atoms with E-state index in [1.807, 2.05) is 36.4 Å². The summed E-state index contributed by atoms with van der Waals surface area (Å²) in [4.78, 5) is 4.90. The molecule has 0 atom stereocenters. The van der Waals surface area contributed by atoms with Crippen molar-refractivity contribution in [3.05, 3.63) is 88.9 Å². The molecule has 1 fully saturated rings. The van der Waals surface area contributed by atoms with Gasteiger partial charge in [0.2, 0.25) is 0 Å². The highest BCUT2D eigenvalue weighted by Crippen LogP contribution is 2.27. The Morgan fingerprint density at radius 1 is 0.821 bits per heavy atom. The Kier molecular flexibility index (Phi) is 5.62. The third-order valence-corrected chi connectivity index (χ3v) is 5.55. The summed E-state index contributed by atoms with van der Waals surface area (Å²) in [6.07, 6.45) is 0. The van der Waals surface area contributed by atoms with Gasteiger partial charge in [-0.15, -0.1) is 0 Å². The van der Waals surface area contributed by atoms with Crippen molar-refractivity contribution in [2.45, 2.75) is 6.54 Å². The summed E-state index contributed by atoms with van der Waals surface area (Å²) in [6.45, 7) is 4.98. The molecule has 1 saturated heterocycles. The maximum Gasteiger partial charge on any atom is 0.0991 e. The lowest BCUT2D eigenvalue weighted by Gasteiger charge is -2.36. The predicted octanol–water partition coefficient (Wildman–Crippen LogP) is 5.20. The molecule has 0 aliphatic carbocycles. The second kappa shape index (κ2) is 8.48. The molecule has 3 nitrogen and oxygen atoms in total. The lowest BCUT2D eigenvalue weighted by atomic mass is 9.99. The number of piperazine rings is 1. The zero-order valence-corrected chi connectivity index (χ0v) is 16.4. The summed E-state index contributed by atoms with van der Waals surface area (Å²) in [5.41, 5.74) is 5.72. The molecule has 3 aromatic carbocycles. The number of anilines is 1. The van der Waals surface area contributed by atoms with Gasteiger partial charge in [-0.1, -0.05) is 48.0 Å². The largest absolute Gasteiger partial charge is 0.369 e.